The first-order valence-corrected chi connectivity index (χ1v) is 11.5. The summed E-state index contributed by atoms with van der Waals surface area (Å²) in [6.07, 6.45) is 1.66. The molecule has 0 fully saturated rings. The van der Waals surface area contributed by atoms with Crippen LogP contribution in [-0.2, 0) is 9.53 Å². The van der Waals surface area contributed by atoms with Crippen molar-refractivity contribution in [3.8, 4) is 5.75 Å². The number of nitrogens with two attached hydrogens (primary N) is 1. The Bertz CT molecular complexity index is 1190. The van der Waals surface area contributed by atoms with E-state index in [9.17, 15) is 9.59 Å². The number of aliphatic hydroxyl groups is 1. The molecule has 36 heavy (non-hydrogen) atoms. The van der Waals surface area contributed by atoms with E-state index < -0.39 is 17.6 Å². The number of hydrogen-bond acceptors (Lipinski definition) is 6. The third-order valence-electron chi connectivity index (χ3n) is 5.32. The van der Waals surface area contributed by atoms with Gasteiger partial charge in [-0.3, -0.25) is 10.1 Å². The standard InChI is InChI=1S/C28H31N3O5/c1-28(2,16-15-25(33)31-24-14-7-6-13-23(24)29)26(20-9-8-12-22(19-20)35-18-17-32)36-27(34)30-21-10-4-3-5-11-21/h3-16,19,26,32H,17-18,29H2,1-2H3,(H,30,34)(H,31,33)/b16-15+/t26-/m1/s1. The lowest BCUT2D eigenvalue weighted by atomic mass is 9.82. The van der Waals surface area contributed by atoms with Crippen molar-refractivity contribution >= 4 is 29.1 Å². The van der Waals surface area contributed by atoms with Crippen LogP contribution < -0.4 is 21.1 Å². The minimum absolute atomic E-state index is 0.126. The highest BCUT2D eigenvalue weighted by atomic mass is 16.6. The highest BCUT2D eigenvalue weighted by Gasteiger charge is 2.33. The van der Waals surface area contributed by atoms with E-state index in [0.717, 1.165) is 0 Å². The van der Waals surface area contributed by atoms with E-state index in [1.54, 1.807) is 72.8 Å². The minimum atomic E-state index is -0.802. The van der Waals surface area contributed by atoms with E-state index >= 15 is 0 Å². The predicted octanol–water partition coefficient (Wildman–Crippen LogP) is 5.15. The summed E-state index contributed by atoms with van der Waals surface area (Å²) >= 11 is 0. The Morgan fingerprint density at radius 1 is 1.00 bits per heavy atom. The second-order valence-electron chi connectivity index (χ2n) is 8.65. The van der Waals surface area contributed by atoms with E-state index in [1.807, 2.05) is 26.0 Å². The molecule has 0 bridgehead atoms. The van der Waals surface area contributed by atoms with Crippen molar-refractivity contribution < 1.29 is 24.2 Å². The smallest absolute Gasteiger partial charge is 0.412 e. The summed E-state index contributed by atoms with van der Waals surface area (Å²) < 4.78 is 11.4. The zero-order valence-corrected chi connectivity index (χ0v) is 20.3. The number of carbonyl (C=O) groups is 2. The average Bonchev–Trinajstić information content (AvgIpc) is 2.87. The Labute approximate surface area is 210 Å². The van der Waals surface area contributed by atoms with Gasteiger partial charge in [0.15, 0.2) is 0 Å². The van der Waals surface area contributed by atoms with Crippen LogP contribution in [-0.4, -0.2) is 30.3 Å². The number of anilines is 3. The number of nitrogen functional groups attached to an aromatic ring is 1. The van der Waals surface area contributed by atoms with Crippen LogP contribution in [0, 0.1) is 5.41 Å². The van der Waals surface area contributed by atoms with Crippen molar-refractivity contribution in [1.82, 2.24) is 0 Å². The lowest BCUT2D eigenvalue weighted by Crippen LogP contribution is -2.28. The quantitative estimate of drug-likeness (QED) is 0.231. The first-order valence-electron chi connectivity index (χ1n) is 11.5. The predicted molar refractivity (Wildman–Crippen MR) is 141 cm³/mol. The molecular formula is C28H31N3O5. The molecule has 0 saturated carbocycles. The fraction of sp³-hybridized carbons (Fsp3) is 0.214. The van der Waals surface area contributed by atoms with Gasteiger partial charge in [-0.15, -0.1) is 0 Å². The molecule has 1 atom stereocenters. The molecule has 8 nitrogen and oxygen atoms in total. The maximum absolute atomic E-state index is 12.8. The molecule has 0 spiro atoms. The highest BCUT2D eigenvalue weighted by Crippen LogP contribution is 2.39. The molecule has 8 heteroatoms. The van der Waals surface area contributed by atoms with Crippen molar-refractivity contribution in [2.75, 3.05) is 29.6 Å². The van der Waals surface area contributed by atoms with E-state index in [1.165, 1.54) is 6.08 Å². The molecule has 0 saturated heterocycles. The zero-order chi connectivity index (χ0) is 26.0. The van der Waals surface area contributed by atoms with Gasteiger partial charge in [0, 0.05) is 11.1 Å². The van der Waals surface area contributed by atoms with Gasteiger partial charge in [-0.1, -0.05) is 62.4 Å². The molecule has 188 valence electrons. The highest BCUT2D eigenvalue weighted by molar-refractivity contribution is 6.01. The monoisotopic (exact) mass is 489 g/mol. The third kappa shape index (κ3) is 7.61. The van der Waals surface area contributed by atoms with Crippen molar-refractivity contribution in [1.29, 1.82) is 0 Å². The van der Waals surface area contributed by atoms with E-state index in [2.05, 4.69) is 10.6 Å². The number of aliphatic hydroxyl groups excluding tert-OH is 1. The number of nitrogens with one attached hydrogen (secondary N) is 2. The van der Waals surface area contributed by atoms with Crippen molar-refractivity contribution in [3.63, 3.8) is 0 Å². The number of benzene rings is 3. The summed E-state index contributed by atoms with van der Waals surface area (Å²) in [5, 5.41) is 14.6. The molecule has 0 aromatic heterocycles. The summed E-state index contributed by atoms with van der Waals surface area (Å²) in [5.74, 6) is 0.157. The molecule has 3 aromatic carbocycles. The largest absolute Gasteiger partial charge is 0.491 e. The maximum atomic E-state index is 12.8. The molecule has 5 N–H and O–H groups in total. The minimum Gasteiger partial charge on any atom is -0.491 e. The molecule has 0 radical (unpaired) electrons. The van der Waals surface area contributed by atoms with Crippen LogP contribution >= 0.6 is 0 Å². The first-order chi connectivity index (χ1) is 17.3. The van der Waals surface area contributed by atoms with Gasteiger partial charge in [-0.05, 0) is 48.0 Å². The van der Waals surface area contributed by atoms with Crippen molar-refractivity contribution in [2.24, 2.45) is 5.41 Å². The Balaban J connectivity index is 1.83. The lowest BCUT2D eigenvalue weighted by Gasteiger charge is -2.32. The van der Waals surface area contributed by atoms with Crippen molar-refractivity contribution in [2.45, 2.75) is 20.0 Å². The maximum Gasteiger partial charge on any atom is 0.412 e. The van der Waals surface area contributed by atoms with Gasteiger partial charge >= 0.3 is 6.09 Å². The second kappa shape index (κ2) is 12.4. The van der Waals surface area contributed by atoms with Gasteiger partial charge in [0.05, 0.1) is 18.0 Å². The Morgan fingerprint density at radius 3 is 2.44 bits per heavy atom. The summed E-state index contributed by atoms with van der Waals surface area (Å²) in [7, 11) is 0. The number of carbonyl (C=O) groups excluding carboxylic acids is 2. The molecule has 0 aliphatic rings. The van der Waals surface area contributed by atoms with Gasteiger partial charge in [0.2, 0.25) is 5.91 Å². The number of hydrogen-bond donors (Lipinski definition) is 4. The Hall–Kier alpha value is -4.30. The van der Waals surface area contributed by atoms with Crippen LogP contribution in [0.1, 0.15) is 25.5 Å². The van der Waals surface area contributed by atoms with Crippen LogP contribution in [0.5, 0.6) is 5.75 Å². The molecule has 3 rings (SSSR count). The average molecular weight is 490 g/mol. The number of rotatable bonds is 10. The lowest BCUT2D eigenvalue weighted by molar-refractivity contribution is -0.112. The van der Waals surface area contributed by atoms with E-state index in [-0.39, 0.29) is 19.1 Å². The zero-order valence-electron chi connectivity index (χ0n) is 20.3. The molecule has 0 heterocycles. The summed E-state index contributed by atoms with van der Waals surface area (Å²) in [6, 6.07) is 23.0. The summed E-state index contributed by atoms with van der Waals surface area (Å²) in [4.78, 5) is 25.4. The molecule has 0 unspecified atom stereocenters. The van der Waals surface area contributed by atoms with E-state index in [0.29, 0.717) is 28.4 Å². The fourth-order valence-corrected chi connectivity index (χ4v) is 3.52. The third-order valence-corrected chi connectivity index (χ3v) is 5.32. The van der Waals surface area contributed by atoms with Gasteiger partial charge in [-0.2, -0.15) is 0 Å². The molecule has 0 aliphatic heterocycles. The topological polar surface area (TPSA) is 123 Å². The number of ether oxygens (including phenoxy) is 2. The van der Waals surface area contributed by atoms with Gasteiger partial charge < -0.3 is 25.6 Å². The Kier molecular flexibility index (Phi) is 9.07. The van der Waals surface area contributed by atoms with Crippen LogP contribution in [0.3, 0.4) is 0 Å². The number of para-hydroxylation sites is 3. The van der Waals surface area contributed by atoms with E-state index in [4.69, 9.17) is 20.3 Å². The van der Waals surface area contributed by atoms with Gasteiger partial charge in [-0.25, -0.2) is 4.79 Å². The molecular weight excluding hydrogens is 458 g/mol. The molecule has 3 aromatic rings. The first kappa shape index (κ1) is 26.3. The van der Waals surface area contributed by atoms with Crippen molar-refractivity contribution in [3.05, 3.63) is 96.6 Å². The normalized spacial score (nSPS) is 12.1. The van der Waals surface area contributed by atoms with Gasteiger partial charge in [0.25, 0.3) is 0 Å². The fourth-order valence-electron chi connectivity index (χ4n) is 3.52. The number of amides is 2. The summed E-state index contributed by atoms with van der Waals surface area (Å²) in [6.45, 7) is 3.72. The SMILES string of the molecule is CC(C)(/C=C/C(=O)Nc1ccccc1N)[C@H](OC(=O)Nc1ccccc1)c1cccc(OCCO)c1. The van der Waals surface area contributed by atoms with Crippen LogP contribution in [0.15, 0.2) is 91.0 Å². The second-order valence-corrected chi connectivity index (χ2v) is 8.65. The molecule has 2 amide bonds. The van der Waals surface area contributed by atoms with Crippen LogP contribution in [0.4, 0.5) is 21.9 Å². The summed E-state index contributed by atoms with van der Waals surface area (Å²) in [5.41, 5.74) is 7.33. The van der Waals surface area contributed by atoms with Crippen LogP contribution in [0.2, 0.25) is 0 Å². The molecule has 0 aliphatic carbocycles. The van der Waals surface area contributed by atoms with Gasteiger partial charge in [0.1, 0.15) is 18.5 Å². The Morgan fingerprint density at radius 2 is 1.72 bits per heavy atom. The van der Waals surface area contributed by atoms with Crippen LogP contribution in [0.25, 0.3) is 0 Å².